The Labute approximate surface area is 107 Å². The van der Waals surface area contributed by atoms with Gasteiger partial charge in [0.05, 0.1) is 13.2 Å². The summed E-state index contributed by atoms with van der Waals surface area (Å²) in [6.07, 6.45) is 1.63. The number of nitrogens with zero attached hydrogens (tertiary/aromatic N) is 1. The van der Waals surface area contributed by atoms with Gasteiger partial charge in [0.1, 0.15) is 9.22 Å². The Hall–Kier alpha value is -0.800. The molecule has 0 atom stereocenters. The van der Waals surface area contributed by atoms with Gasteiger partial charge in [0.2, 0.25) is 10.0 Å². The Kier molecular flexibility index (Phi) is 3.89. The van der Waals surface area contributed by atoms with Crippen molar-refractivity contribution < 1.29 is 13.5 Å². The maximum Gasteiger partial charge on any atom is 0.250 e. The van der Waals surface area contributed by atoms with Crippen molar-refractivity contribution in [2.24, 2.45) is 0 Å². The molecule has 0 aliphatic carbocycles. The number of thiazole rings is 1. The highest BCUT2D eigenvalue weighted by Crippen LogP contribution is 2.21. The summed E-state index contributed by atoms with van der Waals surface area (Å²) < 4.78 is 26.4. The molecule has 2 aromatic rings. The third-order valence-corrected chi connectivity index (χ3v) is 5.70. The molecule has 17 heavy (non-hydrogen) atoms. The smallest absolute Gasteiger partial charge is 0.250 e. The predicted molar refractivity (Wildman–Crippen MR) is 66.4 cm³/mol. The van der Waals surface area contributed by atoms with Crippen molar-refractivity contribution >= 4 is 32.7 Å². The number of hydrogen-bond acceptors (Lipinski definition) is 6. The number of aromatic nitrogens is 1. The zero-order chi connectivity index (χ0) is 12.3. The van der Waals surface area contributed by atoms with Crippen LogP contribution in [0.5, 0.6) is 0 Å². The van der Waals surface area contributed by atoms with E-state index in [-0.39, 0.29) is 17.4 Å². The molecule has 2 aromatic heterocycles. The first-order valence-corrected chi connectivity index (χ1v) is 7.87. The molecule has 2 rings (SSSR count). The predicted octanol–water partition coefficient (Wildman–Crippen LogP) is 1.18. The number of nitrogens with one attached hydrogen (secondary N) is 1. The van der Waals surface area contributed by atoms with Gasteiger partial charge in [-0.3, -0.25) is 0 Å². The van der Waals surface area contributed by atoms with Crippen molar-refractivity contribution in [1.82, 2.24) is 9.71 Å². The summed E-state index contributed by atoms with van der Waals surface area (Å²) in [5.74, 6) is 0. The standard InChI is InChI=1S/C9H10N2O3S3/c12-6-7-1-2-9(16-7)17(13,14)11-5-8-10-3-4-15-8/h1-4,11-12H,5-6H2. The molecule has 2 N–H and O–H groups in total. The van der Waals surface area contributed by atoms with Crippen LogP contribution in [0.1, 0.15) is 9.88 Å². The topological polar surface area (TPSA) is 79.3 Å². The van der Waals surface area contributed by atoms with Gasteiger partial charge in [-0.1, -0.05) is 0 Å². The zero-order valence-corrected chi connectivity index (χ0v) is 11.1. The fourth-order valence-electron chi connectivity index (χ4n) is 1.16. The maximum absolute atomic E-state index is 11.9. The van der Waals surface area contributed by atoms with E-state index in [1.165, 1.54) is 17.4 Å². The lowest BCUT2D eigenvalue weighted by molar-refractivity contribution is 0.285. The molecule has 0 unspecified atom stereocenters. The van der Waals surface area contributed by atoms with E-state index in [9.17, 15) is 8.42 Å². The minimum absolute atomic E-state index is 0.146. The molecule has 0 amide bonds. The van der Waals surface area contributed by atoms with Crippen molar-refractivity contribution in [3.05, 3.63) is 33.6 Å². The minimum Gasteiger partial charge on any atom is -0.391 e. The van der Waals surface area contributed by atoms with Crippen molar-refractivity contribution in [1.29, 1.82) is 0 Å². The Bertz CT molecular complexity index is 574. The van der Waals surface area contributed by atoms with Gasteiger partial charge in [-0.25, -0.2) is 18.1 Å². The molecule has 92 valence electrons. The molecule has 0 bridgehead atoms. The highest BCUT2D eigenvalue weighted by molar-refractivity contribution is 7.91. The van der Waals surface area contributed by atoms with E-state index in [4.69, 9.17) is 5.11 Å². The molecule has 0 saturated carbocycles. The Morgan fingerprint density at radius 1 is 1.41 bits per heavy atom. The number of hydrogen-bond donors (Lipinski definition) is 2. The molecule has 0 aliphatic rings. The van der Waals surface area contributed by atoms with E-state index >= 15 is 0 Å². The summed E-state index contributed by atoms with van der Waals surface area (Å²) >= 11 is 2.45. The van der Waals surface area contributed by atoms with E-state index in [0.717, 1.165) is 11.3 Å². The van der Waals surface area contributed by atoms with Crippen LogP contribution in [0.2, 0.25) is 0 Å². The molecule has 0 spiro atoms. The largest absolute Gasteiger partial charge is 0.391 e. The number of thiophene rings is 1. The first-order valence-electron chi connectivity index (χ1n) is 4.69. The van der Waals surface area contributed by atoms with Gasteiger partial charge >= 0.3 is 0 Å². The lowest BCUT2D eigenvalue weighted by Gasteiger charge is -2.01. The van der Waals surface area contributed by atoms with E-state index in [1.807, 2.05) is 0 Å². The fraction of sp³-hybridized carbons (Fsp3) is 0.222. The van der Waals surface area contributed by atoms with E-state index in [1.54, 1.807) is 17.6 Å². The van der Waals surface area contributed by atoms with Crippen LogP contribution in [0.4, 0.5) is 0 Å². The Morgan fingerprint density at radius 3 is 2.82 bits per heavy atom. The van der Waals surface area contributed by atoms with Gasteiger partial charge in [-0.2, -0.15) is 0 Å². The molecule has 0 aliphatic heterocycles. The number of sulfonamides is 1. The SMILES string of the molecule is O=S(=O)(NCc1nccs1)c1ccc(CO)s1. The van der Waals surface area contributed by atoms with Crippen molar-refractivity contribution in [2.45, 2.75) is 17.4 Å². The first-order chi connectivity index (χ1) is 8.12. The quantitative estimate of drug-likeness (QED) is 0.866. The first kappa shape index (κ1) is 12.7. The van der Waals surface area contributed by atoms with Crippen LogP contribution in [0.25, 0.3) is 0 Å². The van der Waals surface area contributed by atoms with Crippen molar-refractivity contribution in [2.75, 3.05) is 0 Å². The third-order valence-electron chi connectivity index (χ3n) is 1.95. The van der Waals surface area contributed by atoms with Gasteiger partial charge < -0.3 is 5.11 Å². The Balaban J connectivity index is 2.08. The minimum atomic E-state index is -3.50. The Morgan fingerprint density at radius 2 is 2.24 bits per heavy atom. The van der Waals surface area contributed by atoms with Gasteiger partial charge in [0.15, 0.2) is 0 Å². The number of aliphatic hydroxyl groups is 1. The maximum atomic E-state index is 11.9. The van der Waals surface area contributed by atoms with Gasteiger partial charge in [-0.15, -0.1) is 22.7 Å². The van der Waals surface area contributed by atoms with Crippen LogP contribution >= 0.6 is 22.7 Å². The average molecular weight is 290 g/mol. The van der Waals surface area contributed by atoms with Crippen LogP contribution in [0.3, 0.4) is 0 Å². The normalized spacial score (nSPS) is 11.8. The molecule has 0 saturated heterocycles. The van der Waals surface area contributed by atoms with Gasteiger partial charge in [0.25, 0.3) is 0 Å². The number of aliphatic hydroxyl groups excluding tert-OH is 1. The highest BCUT2D eigenvalue weighted by atomic mass is 32.2. The monoisotopic (exact) mass is 290 g/mol. The summed E-state index contributed by atoms with van der Waals surface area (Å²) in [5.41, 5.74) is 0. The van der Waals surface area contributed by atoms with E-state index in [2.05, 4.69) is 9.71 Å². The summed E-state index contributed by atoms with van der Waals surface area (Å²) in [6, 6.07) is 3.09. The second kappa shape index (κ2) is 5.23. The number of rotatable bonds is 5. The van der Waals surface area contributed by atoms with E-state index < -0.39 is 10.0 Å². The second-order valence-corrected chi connectivity index (χ2v) is 7.27. The molecule has 2 heterocycles. The molecular formula is C9H10N2O3S3. The van der Waals surface area contributed by atoms with Crippen molar-refractivity contribution in [3.8, 4) is 0 Å². The fourth-order valence-corrected chi connectivity index (χ4v) is 4.05. The van der Waals surface area contributed by atoms with Crippen LogP contribution in [-0.2, 0) is 23.2 Å². The van der Waals surface area contributed by atoms with Crippen molar-refractivity contribution in [3.63, 3.8) is 0 Å². The zero-order valence-electron chi connectivity index (χ0n) is 8.66. The second-order valence-electron chi connectivity index (χ2n) is 3.13. The van der Waals surface area contributed by atoms with Crippen LogP contribution in [-0.4, -0.2) is 18.5 Å². The molecular weight excluding hydrogens is 280 g/mol. The van der Waals surface area contributed by atoms with Crippen LogP contribution in [0.15, 0.2) is 27.9 Å². The van der Waals surface area contributed by atoms with Crippen LogP contribution < -0.4 is 4.72 Å². The summed E-state index contributed by atoms with van der Waals surface area (Å²) in [6.45, 7) is 0.0407. The summed E-state index contributed by atoms with van der Waals surface area (Å²) in [5, 5.41) is 11.4. The van der Waals surface area contributed by atoms with Gasteiger partial charge in [-0.05, 0) is 12.1 Å². The van der Waals surface area contributed by atoms with Gasteiger partial charge in [0, 0.05) is 16.5 Å². The molecule has 0 radical (unpaired) electrons. The molecule has 0 fully saturated rings. The molecule has 0 aromatic carbocycles. The average Bonchev–Trinajstić information content (AvgIpc) is 2.98. The third kappa shape index (κ3) is 3.11. The summed E-state index contributed by atoms with van der Waals surface area (Å²) in [4.78, 5) is 4.61. The van der Waals surface area contributed by atoms with Crippen LogP contribution in [0, 0.1) is 0 Å². The highest BCUT2D eigenvalue weighted by Gasteiger charge is 2.16. The molecule has 5 nitrogen and oxygen atoms in total. The molecule has 8 heteroatoms. The lowest BCUT2D eigenvalue weighted by atomic mass is 10.5. The lowest BCUT2D eigenvalue weighted by Crippen LogP contribution is -2.22. The van der Waals surface area contributed by atoms with E-state index in [0.29, 0.717) is 9.88 Å². The summed E-state index contributed by atoms with van der Waals surface area (Å²) in [7, 11) is -3.50.